The van der Waals surface area contributed by atoms with Crippen LogP contribution >= 0.6 is 23.4 Å². The Bertz CT molecular complexity index is 1450. The monoisotopic (exact) mass is 476 g/mol. The van der Waals surface area contributed by atoms with Crippen molar-refractivity contribution in [1.82, 2.24) is 19.7 Å². The fourth-order valence-electron chi connectivity index (χ4n) is 3.75. The molecule has 3 heterocycles. The van der Waals surface area contributed by atoms with Crippen LogP contribution in [0.4, 0.5) is 0 Å². The summed E-state index contributed by atoms with van der Waals surface area (Å²) < 4.78 is 18.9. The molecule has 1 aliphatic heterocycles. The Morgan fingerprint density at radius 3 is 2.73 bits per heavy atom. The first kappa shape index (κ1) is 20.1. The van der Waals surface area contributed by atoms with Crippen LogP contribution in [0.2, 0.25) is 5.02 Å². The zero-order chi connectivity index (χ0) is 22.2. The molecule has 0 radical (unpaired) electrons. The van der Waals surface area contributed by atoms with Gasteiger partial charge in [0.05, 0.1) is 16.8 Å². The van der Waals surface area contributed by atoms with Crippen LogP contribution in [0.1, 0.15) is 11.4 Å². The summed E-state index contributed by atoms with van der Waals surface area (Å²) in [6.45, 7) is 0.931. The molecule has 9 heteroatoms. The summed E-state index contributed by atoms with van der Waals surface area (Å²) in [4.78, 5) is 4.83. The van der Waals surface area contributed by atoms with Gasteiger partial charge in [-0.2, -0.15) is 0 Å². The molecule has 0 fully saturated rings. The summed E-state index contributed by atoms with van der Waals surface area (Å²) in [6, 6.07) is 21.6. The van der Waals surface area contributed by atoms with Crippen LogP contribution in [-0.4, -0.2) is 26.5 Å². The number of imidazole rings is 1. The van der Waals surface area contributed by atoms with Gasteiger partial charge >= 0.3 is 0 Å². The van der Waals surface area contributed by atoms with Crippen LogP contribution in [0.25, 0.3) is 22.5 Å². The maximum atomic E-state index is 6.21. The summed E-state index contributed by atoms with van der Waals surface area (Å²) in [6.07, 6.45) is 0. The minimum Gasteiger partial charge on any atom is -0.454 e. The van der Waals surface area contributed by atoms with Crippen molar-refractivity contribution in [3.05, 3.63) is 83.1 Å². The van der Waals surface area contributed by atoms with Gasteiger partial charge in [0.15, 0.2) is 11.5 Å². The van der Waals surface area contributed by atoms with E-state index in [-0.39, 0.29) is 6.79 Å². The SMILES string of the molecule is Clc1ccc2c(c1)nc(CSc1nnc(-c3ccc4c(c3)OCO4)o1)n2Cc1ccccc1. The van der Waals surface area contributed by atoms with E-state index in [1.54, 1.807) is 0 Å². The zero-order valence-corrected chi connectivity index (χ0v) is 18.8. The fourth-order valence-corrected chi connectivity index (χ4v) is 4.62. The number of ether oxygens (including phenoxy) is 2. The second kappa shape index (κ2) is 8.46. The number of fused-ring (bicyclic) bond motifs is 2. The molecule has 3 aromatic carbocycles. The molecule has 0 aliphatic carbocycles. The number of halogens is 1. The highest BCUT2D eigenvalue weighted by Gasteiger charge is 2.18. The molecule has 0 atom stereocenters. The summed E-state index contributed by atoms with van der Waals surface area (Å²) in [5.41, 5.74) is 3.87. The lowest BCUT2D eigenvalue weighted by Gasteiger charge is -2.09. The largest absolute Gasteiger partial charge is 0.454 e. The van der Waals surface area contributed by atoms with Crippen molar-refractivity contribution in [2.45, 2.75) is 17.5 Å². The molecule has 0 N–H and O–H groups in total. The molecule has 7 nitrogen and oxygen atoms in total. The Morgan fingerprint density at radius 2 is 1.82 bits per heavy atom. The summed E-state index contributed by atoms with van der Waals surface area (Å²) >= 11 is 7.65. The normalized spacial score (nSPS) is 12.5. The van der Waals surface area contributed by atoms with Gasteiger partial charge in [0.25, 0.3) is 5.22 Å². The number of benzene rings is 3. The van der Waals surface area contributed by atoms with E-state index in [1.165, 1.54) is 17.3 Å². The lowest BCUT2D eigenvalue weighted by Crippen LogP contribution is -2.04. The van der Waals surface area contributed by atoms with Crippen molar-refractivity contribution >= 4 is 34.4 Å². The van der Waals surface area contributed by atoms with E-state index in [4.69, 9.17) is 30.5 Å². The fraction of sp³-hybridized carbons (Fsp3) is 0.125. The van der Waals surface area contributed by atoms with E-state index in [1.807, 2.05) is 54.6 Å². The highest BCUT2D eigenvalue weighted by Crippen LogP contribution is 2.36. The first-order chi connectivity index (χ1) is 16.2. The third kappa shape index (κ3) is 4.03. The van der Waals surface area contributed by atoms with Crippen LogP contribution in [0, 0.1) is 0 Å². The maximum absolute atomic E-state index is 6.21. The number of rotatable bonds is 6. The van der Waals surface area contributed by atoms with Crippen LogP contribution in [0.5, 0.6) is 11.5 Å². The highest BCUT2D eigenvalue weighted by atomic mass is 35.5. The molecule has 0 spiro atoms. The molecule has 0 saturated heterocycles. The van der Waals surface area contributed by atoms with Gasteiger partial charge in [0.1, 0.15) is 5.82 Å². The van der Waals surface area contributed by atoms with Gasteiger partial charge in [0.2, 0.25) is 12.7 Å². The molecule has 33 heavy (non-hydrogen) atoms. The van der Waals surface area contributed by atoms with Crippen LogP contribution in [-0.2, 0) is 12.3 Å². The minimum absolute atomic E-state index is 0.221. The Kier molecular flexibility index (Phi) is 5.16. The molecule has 5 aromatic rings. The topological polar surface area (TPSA) is 75.2 Å². The third-order valence-corrected chi connectivity index (χ3v) is 6.37. The van der Waals surface area contributed by atoms with Gasteiger partial charge in [-0.3, -0.25) is 0 Å². The second-order valence-electron chi connectivity index (χ2n) is 7.46. The van der Waals surface area contributed by atoms with E-state index in [0.717, 1.165) is 22.4 Å². The Balaban J connectivity index is 1.26. The maximum Gasteiger partial charge on any atom is 0.277 e. The molecule has 164 valence electrons. The average molecular weight is 477 g/mol. The zero-order valence-electron chi connectivity index (χ0n) is 17.3. The number of hydrogen-bond acceptors (Lipinski definition) is 7. The van der Waals surface area contributed by atoms with Crippen molar-refractivity contribution in [3.63, 3.8) is 0 Å². The molecule has 0 amide bonds. The van der Waals surface area contributed by atoms with Crippen LogP contribution in [0.15, 0.2) is 76.4 Å². The second-order valence-corrected chi connectivity index (χ2v) is 8.83. The predicted octanol–water partition coefficient (Wildman–Crippen LogP) is 5.81. The predicted molar refractivity (Wildman–Crippen MR) is 126 cm³/mol. The minimum atomic E-state index is 0.221. The van der Waals surface area contributed by atoms with E-state index in [2.05, 4.69) is 26.9 Å². The van der Waals surface area contributed by atoms with Gasteiger partial charge in [0, 0.05) is 17.1 Å². The van der Waals surface area contributed by atoms with E-state index in [0.29, 0.717) is 39.9 Å². The molecular weight excluding hydrogens is 460 g/mol. The molecule has 0 saturated carbocycles. The molecule has 0 bridgehead atoms. The standard InChI is InChI=1S/C24H17ClN4O3S/c25-17-7-8-19-18(11-17)26-22(29(19)12-15-4-2-1-3-5-15)13-33-24-28-27-23(32-24)16-6-9-20-21(10-16)31-14-30-20/h1-11H,12-14H2. The van der Waals surface area contributed by atoms with Crippen molar-refractivity contribution in [1.29, 1.82) is 0 Å². The molecule has 1 aliphatic rings. The lowest BCUT2D eigenvalue weighted by atomic mass is 10.2. The molecule has 6 rings (SSSR count). The van der Waals surface area contributed by atoms with E-state index in [9.17, 15) is 0 Å². The number of hydrogen-bond donors (Lipinski definition) is 0. The summed E-state index contributed by atoms with van der Waals surface area (Å²) in [5.74, 6) is 3.30. The smallest absolute Gasteiger partial charge is 0.277 e. The Hall–Kier alpha value is -3.49. The Morgan fingerprint density at radius 1 is 0.939 bits per heavy atom. The number of thioether (sulfide) groups is 1. The summed E-state index contributed by atoms with van der Waals surface area (Å²) in [7, 11) is 0. The van der Waals surface area contributed by atoms with Crippen molar-refractivity contribution < 1.29 is 13.9 Å². The molecular formula is C24H17ClN4O3S. The third-order valence-electron chi connectivity index (χ3n) is 5.32. The molecule has 2 aromatic heterocycles. The van der Waals surface area contributed by atoms with Gasteiger partial charge in [-0.05, 0) is 42.0 Å². The quantitative estimate of drug-likeness (QED) is 0.286. The van der Waals surface area contributed by atoms with Gasteiger partial charge in [-0.1, -0.05) is 53.7 Å². The van der Waals surface area contributed by atoms with E-state index >= 15 is 0 Å². The number of nitrogens with zero attached hydrogens (tertiary/aromatic N) is 4. The first-order valence-electron chi connectivity index (χ1n) is 10.3. The Labute approximate surface area is 198 Å². The summed E-state index contributed by atoms with van der Waals surface area (Å²) in [5, 5.41) is 9.52. The van der Waals surface area contributed by atoms with Gasteiger partial charge < -0.3 is 18.5 Å². The van der Waals surface area contributed by atoms with Crippen LogP contribution < -0.4 is 9.47 Å². The number of aromatic nitrogens is 4. The lowest BCUT2D eigenvalue weighted by molar-refractivity contribution is 0.174. The van der Waals surface area contributed by atoms with Gasteiger partial charge in [-0.15, -0.1) is 10.2 Å². The molecule has 0 unspecified atom stereocenters. The highest BCUT2D eigenvalue weighted by molar-refractivity contribution is 7.98. The van der Waals surface area contributed by atoms with Crippen LogP contribution in [0.3, 0.4) is 0 Å². The average Bonchev–Trinajstić information content (AvgIpc) is 3.57. The van der Waals surface area contributed by atoms with Gasteiger partial charge in [-0.25, -0.2) is 4.98 Å². The first-order valence-corrected chi connectivity index (χ1v) is 11.6. The van der Waals surface area contributed by atoms with Crippen molar-refractivity contribution in [2.75, 3.05) is 6.79 Å². The van der Waals surface area contributed by atoms with E-state index < -0.39 is 0 Å². The van der Waals surface area contributed by atoms with Crippen molar-refractivity contribution in [2.24, 2.45) is 0 Å². The van der Waals surface area contributed by atoms with Crippen molar-refractivity contribution in [3.8, 4) is 23.0 Å².